The largest absolute Gasteiger partial charge is 0.477 e. The smallest absolute Gasteiger partial charge is 0.364 e. The lowest BCUT2D eigenvalue weighted by atomic mass is 9.89. The molecule has 0 saturated carbocycles. The standard InChI is InChI=1S/C9H17NO8.C8H7N/c10-5-3(12)1-9(17,8(15)16)18-7(5)6(14)4(13)2-11;1-2-4-8-7(3-1)5-6-9-8/h3-7,11-14,17H,1-2,10H2,(H,15,16);1-6,9H/t3-,4?,5+,6?,7+,9?;/m0./s1. The van der Waals surface area contributed by atoms with Crippen molar-refractivity contribution in [3.05, 3.63) is 36.5 Å². The first-order valence-electron chi connectivity index (χ1n) is 8.26. The number of nitrogens with one attached hydrogen (secondary N) is 1. The summed E-state index contributed by atoms with van der Waals surface area (Å²) in [7, 11) is 0. The van der Waals surface area contributed by atoms with Gasteiger partial charge in [0, 0.05) is 18.1 Å². The summed E-state index contributed by atoms with van der Waals surface area (Å²) in [6, 6.07) is 9.08. The summed E-state index contributed by atoms with van der Waals surface area (Å²) in [6.45, 7) is -0.810. The molecule has 1 aliphatic rings. The molecule has 6 atom stereocenters. The average molecular weight is 384 g/mol. The number of para-hydroxylation sites is 1. The number of rotatable bonds is 4. The van der Waals surface area contributed by atoms with Crippen LogP contribution >= 0.6 is 0 Å². The van der Waals surface area contributed by atoms with E-state index in [1.165, 1.54) is 10.9 Å². The number of aromatic nitrogens is 1. The molecule has 1 saturated heterocycles. The Morgan fingerprint density at radius 1 is 1.33 bits per heavy atom. The van der Waals surface area contributed by atoms with Crippen molar-refractivity contribution >= 4 is 16.9 Å². The number of fused-ring (bicyclic) bond motifs is 1. The Morgan fingerprint density at radius 2 is 2.00 bits per heavy atom. The first kappa shape index (κ1) is 21.3. The van der Waals surface area contributed by atoms with E-state index in [0.29, 0.717) is 0 Å². The molecule has 27 heavy (non-hydrogen) atoms. The Morgan fingerprint density at radius 3 is 2.59 bits per heavy atom. The highest BCUT2D eigenvalue weighted by Gasteiger charge is 2.52. The molecule has 1 aliphatic heterocycles. The van der Waals surface area contributed by atoms with Gasteiger partial charge in [0.15, 0.2) is 0 Å². The van der Waals surface area contributed by atoms with Crippen molar-refractivity contribution in [2.24, 2.45) is 5.73 Å². The minimum absolute atomic E-state index is 0.665. The number of hydrogen-bond donors (Lipinski definition) is 8. The van der Waals surface area contributed by atoms with Crippen molar-refractivity contribution < 1.29 is 40.2 Å². The minimum atomic E-state index is -2.70. The van der Waals surface area contributed by atoms with Crippen molar-refractivity contribution in [3.8, 4) is 0 Å². The summed E-state index contributed by atoms with van der Waals surface area (Å²) < 4.78 is 4.75. The van der Waals surface area contributed by atoms with Gasteiger partial charge < -0.3 is 46.1 Å². The van der Waals surface area contributed by atoms with Crippen LogP contribution in [-0.4, -0.2) is 84.4 Å². The molecule has 10 heteroatoms. The molecule has 0 aliphatic carbocycles. The number of nitrogens with two attached hydrogens (primary N) is 1. The van der Waals surface area contributed by atoms with E-state index in [0.717, 1.165) is 0 Å². The molecule has 9 N–H and O–H groups in total. The number of benzene rings is 1. The van der Waals surface area contributed by atoms with Crippen LogP contribution in [0, 0.1) is 0 Å². The van der Waals surface area contributed by atoms with E-state index >= 15 is 0 Å². The number of carbonyl (C=O) groups is 1. The van der Waals surface area contributed by atoms with E-state index in [9.17, 15) is 25.2 Å². The Kier molecular flexibility index (Phi) is 6.89. The minimum Gasteiger partial charge on any atom is -0.477 e. The maximum absolute atomic E-state index is 10.8. The number of H-pyrrole nitrogens is 1. The van der Waals surface area contributed by atoms with Gasteiger partial charge in [-0.3, -0.25) is 0 Å². The fraction of sp³-hybridized carbons (Fsp3) is 0.471. The zero-order valence-electron chi connectivity index (χ0n) is 14.3. The second-order valence-electron chi connectivity index (χ2n) is 6.33. The van der Waals surface area contributed by atoms with Gasteiger partial charge in [-0.05, 0) is 17.5 Å². The van der Waals surface area contributed by atoms with Gasteiger partial charge in [0.1, 0.15) is 18.3 Å². The molecule has 0 radical (unpaired) electrons. The SMILES string of the molecule is N[C@@H]1[C@@H](O)CC(O)(C(=O)O)O[C@H]1C(O)C(O)CO.c1ccc2[nH]ccc2c1. The monoisotopic (exact) mass is 384 g/mol. The summed E-state index contributed by atoms with van der Waals surface area (Å²) >= 11 is 0. The van der Waals surface area contributed by atoms with Gasteiger partial charge in [0.25, 0.3) is 5.79 Å². The molecule has 0 amide bonds. The number of hydrogen-bond acceptors (Lipinski definition) is 8. The normalized spacial score (nSPS) is 30.2. The molecule has 150 valence electrons. The molecule has 1 fully saturated rings. The van der Waals surface area contributed by atoms with Crippen molar-refractivity contribution in [1.29, 1.82) is 0 Å². The predicted molar refractivity (Wildman–Crippen MR) is 93.5 cm³/mol. The van der Waals surface area contributed by atoms with E-state index in [1.54, 1.807) is 0 Å². The zero-order valence-corrected chi connectivity index (χ0v) is 14.3. The summed E-state index contributed by atoms with van der Waals surface area (Å²) in [4.78, 5) is 13.9. The lowest BCUT2D eigenvalue weighted by molar-refractivity contribution is -0.292. The quantitative estimate of drug-likeness (QED) is 0.298. The average Bonchev–Trinajstić information content (AvgIpc) is 3.12. The van der Waals surface area contributed by atoms with Crippen LogP contribution < -0.4 is 5.73 Å². The van der Waals surface area contributed by atoms with Crippen LogP contribution in [0.4, 0.5) is 0 Å². The molecule has 10 nitrogen and oxygen atoms in total. The van der Waals surface area contributed by atoms with Crippen LogP contribution in [0.5, 0.6) is 0 Å². The van der Waals surface area contributed by atoms with Crippen LogP contribution in [0.25, 0.3) is 10.9 Å². The van der Waals surface area contributed by atoms with Crippen LogP contribution in [0.15, 0.2) is 36.5 Å². The van der Waals surface area contributed by atoms with Crippen molar-refractivity contribution in [2.45, 2.75) is 42.7 Å². The molecule has 3 rings (SSSR count). The third-order valence-electron chi connectivity index (χ3n) is 4.36. The van der Waals surface area contributed by atoms with Gasteiger partial charge in [-0.1, -0.05) is 18.2 Å². The van der Waals surface area contributed by atoms with E-state index in [1.807, 2.05) is 18.3 Å². The van der Waals surface area contributed by atoms with Crippen LogP contribution in [0.1, 0.15) is 6.42 Å². The second kappa shape index (κ2) is 8.76. The highest BCUT2D eigenvalue weighted by Crippen LogP contribution is 2.29. The molecular formula is C17H24N2O8. The maximum atomic E-state index is 10.8. The number of aliphatic hydroxyl groups is 5. The van der Waals surface area contributed by atoms with Gasteiger partial charge in [-0.15, -0.1) is 0 Å². The number of aliphatic hydroxyl groups excluding tert-OH is 4. The summed E-state index contributed by atoms with van der Waals surface area (Å²) in [6.07, 6.45) is -5.07. The third-order valence-corrected chi connectivity index (χ3v) is 4.36. The fourth-order valence-electron chi connectivity index (χ4n) is 2.75. The van der Waals surface area contributed by atoms with Crippen LogP contribution in [-0.2, 0) is 9.53 Å². The first-order chi connectivity index (χ1) is 12.7. The van der Waals surface area contributed by atoms with E-state index in [-0.39, 0.29) is 0 Å². The lowest BCUT2D eigenvalue weighted by Gasteiger charge is -2.43. The zero-order chi connectivity index (χ0) is 20.2. The van der Waals surface area contributed by atoms with Gasteiger partial charge in [0.05, 0.1) is 18.8 Å². The molecule has 0 spiro atoms. The molecule has 2 aromatic rings. The van der Waals surface area contributed by atoms with Crippen molar-refractivity contribution in [3.63, 3.8) is 0 Å². The Labute approximate surface area is 154 Å². The Hall–Kier alpha value is -2.05. The van der Waals surface area contributed by atoms with Gasteiger partial charge in [0.2, 0.25) is 0 Å². The molecule has 0 bridgehead atoms. The Bertz CT molecular complexity index is 723. The number of carboxylic acids is 1. The van der Waals surface area contributed by atoms with Crippen molar-refractivity contribution in [1.82, 2.24) is 4.98 Å². The van der Waals surface area contributed by atoms with E-state index < -0.39 is 55.2 Å². The fourth-order valence-corrected chi connectivity index (χ4v) is 2.75. The summed E-state index contributed by atoms with van der Waals surface area (Å²) in [5.41, 5.74) is 6.71. The first-order valence-corrected chi connectivity index (χ1v) is 8.26. The molecule has 3 unspecified atom stereocenters. The lowest BCUT2D eigenvalue weighted by Crippen LogP contribution is -2.65. The number of carboxylic acid groups (broad SMARTS) is 1. The Balaban J connectivity index is 0.000000239. The number of aliphatic carboxylic acids is 1. The third kappa shape index (κ3) is 4.82. The van der Waals surface area contributed by atoms with Crippen molar-refractivity contribution in [2.75, 3.05) is 6.61 Å². The number of aromatic amines is 1. The molecular weight excluding hydrogens is 360 g/mol. The summed E-state index contributed by atoms with van der Waals surface area (Å²) in [5.74, 6) is -4.44. The molecule has 1 aromatic heterocycles. The highest BCUT2D eigenvalue weighted by molar-refractivity contribution is 5.78. The maximum Gasteiger partial charge on any atom is 0.364 e. The van der Waals surface area contributed by atoms with Crippen LogP contribution in [0.3, 0.4) is 0 Å². The van der Waals surface area contributed by atoms with E-state index in [4.69, 9.17) is 20.7 Å². The number of ether oxygens (including phenoxy) is 1. The topological polar surface area (TPSA) is 189 Å². The van der Waals surface area contributed by atoms with Gasteiger partial charge in [-0.2, -0.15) is 0 Å². The highest BCUT2D eigenvalue weighted by atomic mass is 16.7. The van der Waals surface area contributed by atoms with Gasteiger partial charge in [-0.25, -0.2) is 4.79 Å². The van der Waals surface area contributed by atoms with Gasteiger partial charge >= 0.3 is 5.97 Å². The second-order valence-corrected chi connectivity index (χ2v) is 6.33. The van der Waals surface area contributed by atoms with Crippen LogP contribution in [0.2, 0.25) is 0 Å². The summed E-state index contributed by atoms with van der Waals surface area (Å²) in [5, 5.41) is 56.8. The van der Waals surface area contributed by atoms with E-state index in [2.05, 4.69) is 23.2 Å². The molecule has 1 aromatic carbocycles. The predicted octanol–water partition coefficient (Wildman–Crippen LogP) is -1.88. The molecule has 2 heterocycles.